The second kappa shape index (κ2) is 4.99. The van der Waals surface area contributed by atoms with Crippen LogP contribution in [-0.4, -0.2) is 29.2 Å². The van der Waals surface area contributed by atoms with E-state index in [1.54, 1.807) is 11.8 Å². The molecule has 1 saturated heterocycles. The van der Waals surface area contributed by atoms with Crippen LogP contribution in [0.5, 0.6) is 0 Å². The van der Waals surface area contributed by atoms with Gasteiger partial charge in [-0.15, -0.1) is 11.8 Å². The van der Waals surface area contributed by atoms with Crippen molar-refractivity contribution in [3.8, 4) is 0 Å². The largest absolute Gasteiger partial charge is 0.297 e. The summed E-state index contributed by atoms with van der Waals surface area (Å²) >= 11 is 1.76. The monoisotopic (exact) mass is 222 g/mol. The number of rotatable bonds is 3. The molecule has 3 heteroatoms. The molecule has 0 aliphatic carbocycles. The van der Waals surface area contributed by atoms with Crippen molar-refractivity contribution in [2.45, 2.75) is 30.8 Å². The van der Waals surface area contributed by atoms with Crippen LogP contribution in [0.1, 0.15) is 31.4 Å². The van der Waals surface area contributed by atoms with Gasteiger partial charge < -0.3 is 0 Å². The third kappa shape index (κ3) is 2.18. The average Bonchev–Trinajstić information content (AvgIpc) is 2.76. The predicted octanol–water partition coefficient (Wildman–Crippen LogP) is 2.96. The summed E-state index contributed by atoms with van der Waals surface area (Å²) < 4.78 is 0. The number of pyridine rings is 1. The highest BCUT2D eigenvalue weighted by molar-refractivity contribution is 7.98. The standard InChI is InChI=1S/C12H18N2S/c1-3-14-9-5-7-11(14)10-6-4-8-13-12(10)15-2/h4,6,8,11H,3,5,7,9H2,1-2H3/t11-/m0/s1. The van der Waals surface area contributed by atoms with Crippen LogP contribution in [0.3, 0.4) is 0 Å². The van der Waals surface area contributed by atoms with Crippen molar-refractivity contribution >= 4 is 11.8 Å². The molecule has 2 rings (SSSR count). The molecule has 1 aliphatic heterocycles. The van der Waals surface area contributed by atoms with Gasteiger partial charge >= 0.3 is 0 Å². The van der Waals surface area contributed by atoms with Crippen LogP contribution < -0.4 is 0 Å². The minimum absolute atomic E-state index is 0.603. The molecule has 0 aromatic carbocycles. The number of hydrogen-bond donors (Lipinski definition) is 0. The van der Waals surface area contributed by atoms with E-state index in [9.17, 15) is 0 Å². The molecule has 0 bridgehead atoms. The Hall–Kier alpha value is -0.540. The van der Waals surface area contributed by atoms with Crippen molar-refractivity contribution in [1.82, 2.24) is 9.88 Å². The van der Waals surface area contributed by atoms with Crippen LogP contribution in [-0.2, 0) is 0 Å². The fourth-order valence-electron chi connectivity index (χ4n) is 2.38. The molecular weight excluding hydrogens is 204 g/mol. The Morgan fingerprint density at radius 3 is 3.20 bits per heavy atom. The van der Waals surface area contributed by atoms with Crippen molar-refractivity contribution in [2.24, 2.45) is 0 Å². The summed E-state index contributed by atoms with van der Waals surface area (Å²) in [5.41, 5.74) is 1.42. The van der Waals surface area contributed by atoms with E-state index in [0.29, 0.717) is 6.04 Å². The van der Waals surface area contributed by atoms with Gasteiger partial charge in [-0.3, -0.25) is 4.90 Å². The number of nitrogens with zero attached hydrogens (tertiary/aromatic N) is 2. The van der Waals surface area contributed by atoms with Crippen LogP contribution in [0.2, 0.25) is 0 Å². The molecule has 0 spiro atoms. The van der Waals surface area contributed by atoms with Crippen LogP contribution in [0, 0.1) is 0 Å². The predicted molar refractivity (Wildman–Crippen MR) is 65.2 cm³/mol. The first-order chi connectivity index (χ1) is 7.36. The van der Waals surface area contributed by atoms with Gasteiger partial charge in [0, 0.05) is 17.8 Å². The Labute approximate surface area is 96.1 Å². The number of likely N-dealkylation sites (tertiary alicyclic amines) is 1. The van der Waals surface area contributed by atoms with Crippen molar-refractivity contribution in [2.75, 3.05) is 19.3 Å². The van der Waals surface area contributed by atoms with Gasteiger partial charge in [-0.2, -0.15) is 0 Å². The van der Waals surface area contributed by atoms with Crippen molar-refractivity contribution < 1.29 is 0 Å². The van der Waals surface area contributed by atoms with Gasteiger partial charge in [0.2, 0.25) is 0 Å². The minimum Gasteiger partial charge on any atom is -0.297 e. The lowest BCUT2D eigenvalue weighted by Gasteiger charge is -2.24. The van der Waals surface area contributed by atoms with E-state index in [2.05, 4.69) is 35.2 Å². The highest BCUT2D eigenvalue weighted by atomic mass is 32.2. The summed E-state index contributed by atoms with van der Waals surface area (Å²) in [4.78, 5) is 7.00. The number of hydrogen-bond acceptors (Lipinski definition) is 3. The average molecular weight is 222 g/mol. The molecule has 1 aromatic heterocycles. The second-order valence-electron chi connectivity index (χ2n) is 3.89. The molecule has 1 fully saturated rings. The lowest BCUT2D eigenvalue weighted by Crippen LogP contribution is -2.23. The maximum Gasteiger partial charge on any atom is 0.100 e. The fraction of sp³-hybridized carbons (Fsp3) is 0.583. The number of aromatic nitrogens is 1. The molecule has 1 aliphatic rings. The Balaban J connectivity index is 2.27. The smallest absolute Gasteiger partial charge is 0.100 e. The van der Waals surface area contributed by atoms with E-state index in [1.165, 1.54) is 30.0 Å². The van der Waals surface area contributed by atoms with E-state index < -0.39 is 0 Å². The van der Waals surface area contributed by atoms with Crippen molar-refractivity contribution in [3.05, 3.63) is 23.9 Å². The molecule has 2 heterocycles. The normalized spacial score (nSPS) is 22.1. The van der Waals surface area contributed by atoms with Gasteiger partial charge in [-0.1, -0.05) is 13.0 Å². The molecule has 1 atom stereocenters. The van der Waals surface area contributed by atoms with Crippen LogP contribution in [0.4, 0.5) is 0 Å². The van der Waals surface area contributed by atoms with Crippen LogP contribution >= 0.6 is 11.8 Å². The zero-order valence-corrected chi connectivity index (χ0v) is 10.3. The molecule has 82 valence electrons. The van der Waals surface area contributed by atoms with Gasteiger partial charge in [0.05, 0.1) is 0 Å². The van der Waals surface area contributed by atoms with Crippen molar-refractivity contribution in [3.63, 3.8) is 0 Å². The first-order valence-corrected chi connectivity index (χ1v) is 6.82. The Morgan fingerprint density at radius 2 is 2.47 bits per heavy atom. The van der Waals surface area contributed by atoms with Gasteiger partial charge in [0.15, 0.2) is 0 Å². The van der Waals surface area contributed by atoms with E-state index in [0.717, 1.165) is 6.54 Å². The Bertz CT molecular complexity index is 327. The third-order valence-corrected chi connectivity index (χ3v) is 3.85. The van der Waals surface area contributed by atoms with Gasteiger partial charge in [-0.05, 0) is 38.3 Å². The zero-order valence-electron chi connectivity index (χ0n) is 9.44. The van der Waals surface area contributed by atoms with E-state index in [1.807, 2.05) is 6.20 Å². The molecule has 0 unspecified atom stereocenters. The fourth-order valence-corrected chi connectivity index (χ4v) is 2.99. The molecule has 0 N–H and O–H groups in total. The highest BCUT2D eigenvalue weighted by Crippen LogP contribution is 2.35. The third-order valence-electron chi connectivity index (χ3n) is 3.12. The quantitative estimate of drug-likeness (QED) is 0.731. The summed E-state index contributed by atoms with van der Waals surface area (Å²) in [5, 5.41) is 1.20. The SMILES string of the molecule is CCN1CCC[C@H]1c1cccnc1SC. The van der Waals surface area contributed by atoms with Crippen molar-refractivity contribution in [1.29, 1.82) is 0 Å². The van der Waals surface area contributed by atoms with Gasteiger partial charge in [0.25, 0.3) is 0 Å². The minimum atomic E-state index is 0.603. The Morgan fingerprint density at radius 1 is 1.60 bits per heavy atom. The first-order valence-electron chi connectivity index (χ1n) is 5.59. The summed E-state index contributed by atoms with van der Waals surface area (Å²) in [6.07, 6.45) is 6.60. The molecule has 2 nitrogen and oxygen atoms in total. The molecule has 0 amide bonds. The Kier molecular flexibility index (Phi) is 3.65. The molecule has 0 saturated carbocycles. The maximum absolute atomic E-state index is 4.45. The molecule has 0 radical (unpaired) electrons. The van der Waals surface area contributed by atoms with E-state index in [-0.39, 0.29) is 0 Å². The maximum atomic E-state index is 4.45. The topological polar surface area (TPSA) is 16.1 Å². The highest BCUT2D eigenvalue weighted by Gasteiger charge is 2.26. The van der Waals surface area contributed by atoms with E-state index in [4.69, 9.17) is 0 Å². The summed E-state index contributed by atoms with van der Waals surface area (Å²) in [5.74, 6) is 0. The van der Waals surface area contributed by atoms with Gasteiger partial charge in [0.1, 0.15) is 5.03 Å². The number of thioether (sulfide) groups is 1. The lowest BCUT2D eigenvalue weighted by atomic mass is 10.1. The second-order valence-corrected chi connectivity index (χ2v) is 4.68. The van der Waals surface area contributed by atoms with E-state index >= 15 is 0 Å². The molecule has 1 aromatic rings. The first kappa shape index (κ1) is 11.0. The van der Waals surface area contributed by atoms with Gasteiger partial charge in [-0.25, -0.2) is 4.98 Å². The van der Waals surface area contributed by atoms with Crippen LogP contribution in [0.15, 0.2) is 23.4 Å². The zero-order chi connectivity index (χ0) is 10.7. The lowest BCUT2D eigenvalue weighted by molar-refractivity contribution is 0.268. The summed E-state index contributed by atoms with van der Waals surface area (Å²) in [6.45, 7) is 4.63. The summed E-state index contributed by atoms with van der Waals surface area (Å²) in [6, 6.07) is 4.89. The summed E-state index contributed by atoms with van der Waals surface area (Å²) in [7, 11) is 0. The molecular formula is C12H18N2S. The van der Waals surface area contributed by atoms with Crippen LogP contribution in [0.25, 0.3) is 0 Å². The molecule has 15 heavy (non-hydrogen) atoms.